The predicted molar refractivity (Wildman–Crippen MR) is 25.6 cm³/mol. The molecule has 1 aromatic rings. The van der Waals surface area contributed by atoms with Gasteiger partial charge in [0.2, 0.25) is 0 Å². The molecule has 0 fully saturated rings. The topological polar surface area (TPSA) is 38.7 Å². The summed E-state index contributed by atoms with van der Waals surface area (Å²) in [6.45, 7) is 0. The lowest BCUT2D eigenvalue weighted by molar-refractivity contribution is 0.865. The highest BCUT2D eigenvalue weighted by molar-refractivity contribution is 5.75. The van der Waals surface area contributed by atoms with Gasteiger partial charge < -0.3 is 0 Å². The third-order valence-corrected chi connectivity index (χ3v) is 0.409. The van der Waals surface area contributed by atoms with Gasteiger partial charge in [0, 0.05) is 11.0 Å². The predicted octanol–water partition coefficient (Wildman–Crippen LogP) is -0.509. The molecule has 0 bridgehead atoms. The highest BCUT2D eigenvalue weighted by Gasteiger charge is 1.60. The highest BCUT2D eigenvalue weighted by Crippen LogP contribution is 1.61. The van der Waals surface area contributed by atoms with Gasteiger partial charge in [-0.15, -0.1) is 10.2 Å². The fraction of sp³-hybridized carbons (Fsp3) is 0. The normalized spacial score (nSPS) is 6.86. The average molecular weight is 109 g/mol. The molecule has 4 radical (unpaired) electrons. The van der Waals surface area contributed by atoms with E-state index in [1.54, 1.807) is 18.5 Å². The minimum absolute atomic E-state index is 0. The zero-order valence-electron chi connectivity index (χ0n) is 3.57. The molecule has 0 saturated heterocycles. The van der Waals surface area contributed by atoms with E-state index in [0.29, 0.717) is 0 Å². The number of hydrogen-bond acceptors (Lipinski definition) is 3. The van der Waals surface area contributed by atoms with Gasteiger partial charge in [-0.3, -0.25) is 0 Å². The largest absolute Gasteiger partial charge is 0.139 e. The quantitative estimate of drug-likeness (QED) is 0.421. The van der Waals surface area contributed by atoms with Gasteiger partial charge in [-0.25, -0.2) is 0 Å². The van der Waals surface area contributed by atoms with E-state index in [1.165, 1.54) is 0 Å². The maximum atomic E-state index is 3.42. The molecule has 1 rings (SSSR count). The van der Waals surface area contributed by atoms with Crippen LogP contribution < -0.4 is 0 Å². The summed E-state index contributed by atoms with van der Waals surface area (Å²) in [7, 11) is 0. The summed E-state index contributed by atoms with van der Waals surface area (Å²) in [5.41, 5.74) is 0. The molecule has 0 aliphatic heterocycles. The van der Waals surface area contributed by atoms with E-state index in [-0.39, 0.29) is 11.0 Å². The molecule has 0 aliphatic carbocycles. The summed E-state index contributed by atoms with van der Waals surface area (Å²) in [4.78, 5) is 0. The number of nitrogens with zero attached hydrogens (tertiary/aromatic N) is 3. The Morgan fingerprint density at radius 3 is 1.71 bits per heavy atom. The molecule has 0 unspecified atom stereocenters. The zero-order chi connectivity index (χ0) is 4.24. The Balaban J connectivity index is 0.000000360. The van der Waals surface area contributed by atoms with Gasteiger partial charge in [-0.05, 0) is 11.3 Å². The number of hydrogen-bond donors (Lipinski definition) is 0. The van der Waals surface area contributed by atoms with Crippen LogP contribution in [0.5, 0.6) is 0 Å². The van der Waals surface area contributed by atoms with E-state index >= 15 is 0 Å². The van der Waals surface area contributed by atoms with Gasteiger partial charge in [-0.2, -0.15) is 0 Å². The summed E-state index contributed by atoms with van der Waals surface area (Å²) in [5.74, 6) is 0. The molecule has 1 aromatic heterocycles. The molecule has 0 saturated carbocycles. The van der Waals surface area contributed by atoms with Crippen molar-refractivity contribution >= 4 is 11.0 Å². The molecule has 1 heterocycles. The second kappa shape index (κ2) is 3.42. The van der Waals surface area contributed by atoms with Gasteiger partial charge in [0.15, 0.2) is 0 Å². The summed E-state index contributed by atoms with van der Waals surface area (Å²) in [6, 6.07) is 1.72. The molecule has 0 atom stereocenters. The van der Waals surface area contributed by atoms with Crippen LogP contribution in [0.1, 0.15) is 0 Å². The molecule has 0 amide bonds. The third-order valence-electron chi connectivity index (χ3n) is 0.409. The van der Waals surface area contributed by atoms with Crippen LogP contribution in [-0.2, 0) is 0 Å². The van der Waals surface area contributed by atoms with Crippen molar-refractivity contribution in [2.75, 3.05) is 0 Å². The van der Waals surface area contributed by atoms with Crippen LogP contribution in [0.4, 0.5) is 0 Å². The summed E-state index contributed by atoms with van der Waals surface area (Å²) in [5, 5.41) is 10.1. The van der Waals surface area contributed by atoms with Crippen LogP contribution >= 0.6 is 0 Å². The van der Waals surface area contributed by atoms with Crippen molar-refractivity contribution in [2.45, 2.75) is 0 Å². The van der Waals surface area contributed by atoms with Gasteiger partial charge in [0.25, 0.3) is 0 Å². The van der Waals surface area contributed by atoms with Crippen LogP contribution in [0.15, 0.2) is 18.5 Å². The summed E-state index contributed by atoms with van der Waals surface area (Å²) >= 11 is 0. The first-order valence-electron chi connectivity index (χ1n) is 1.58. The Bertz CT molecular complexity index is 82.1. The van der Waals surface area contributed by atoms with Crippen LogP contribution in [0.2, 0.25) is 0 Å². The molecule has 4 heteroatoms. The van der Waals surface area contributed by atoms with E-state index in [9.17, 15) is 0 Å². The molecular weight excluding hydrogens is 106 g/mol. The SMILES string of the molecule is [Si].c1cnnnc1. The first kappa shape index (κ1) is 6.23. The number of rotatable bonds is 0. The van der Waals surface area contributed by atoms with Crippen LogP contribution in [0, 0.1) is 0 Å². The van der Waals surface area contributed by atoms with Crippen molar-refractivity contribution in [2.24, 2.45) is 0 Å². The van der Waals surface area contributed by atoms with Gasteiger partial charge in [0.1, 0.15) is 0 Å². The minimum Gasteiger partial charge on any atom is -0.139 e. The molecule has 0 N–H and O–H groups in total. The Morgan fingerprint density at radius 2 is 1.57 bits per heavy atom. The molecule has 0 aliphatic rings. The van der Waals surface area contributed by atoms with Crippen molar-refractivity contribution in [1.82, 2.24) is 15.4 Å². The molecular formula is C3H3N3Si. The summed E-state index contributed by atoms with van der Waals surface area (Å²) < 4.78 is 0. The zero-order valence-corrected chi connectivity index (χ0v) is 4.57. The van der Waals surface area contributed by atoms with E-state index in [0.717, 1.165) is 0 Å². The first-order chi connectivity index (χ1) is 3.00. The van der Waals surface area contributed by atoms with Crippen LogP contribution in [0.25, 0.3) is 0 Å². The molecule has 7 heavy (non-hydrogen) atoms. The maximum Gasteiger partial charge on any atom is 0.0529 e. The van der Waals surface area contributed by atoms with Crippen molar-refractivity contribution in [3.63, 3.8) is 0 Å². The monoisotopic (exact) mass is 109 g/mol. The van der Waals surface area contributed by atoms with Crippen LogP contribution in [0.3, 0.4) is 0 Å². The van der Waals surface area contributed by atoms with Crippen molar-refractivity contribution in [3.05, 3.63) is 18.5 Å². The van der Waals surface area contributed by atoms with Gasteiger partial charge in [-0.1, -0.05) is 0 Å². The van der Waals surface area contributed by atoms with Crippen molar-refractivity contribution in [1.29, 1.82) is 0 Å². The smallest absolute Gasteiger partial charge is 0.0529 e. The van der Waals surface area contributed by atoms with Crippen LogP contribution in [-0.4, -0.2) is 26.4 Å². The number of aromatic nitrogens is 3. The second-order valence-electron chi connectivity index (χ2n) is 0.811. The van der Waals surface area contributed by atoms with Gasteiger partial charge >= 0.3 is 0 Å². The Labute approximate surface area is 45.8 Å². The molecule has 0 aromatic carbocycles. The fourth-order valence-corrected chi connectivity index (χ4v) is 0.205. The lowest BCUT2D eigenvalue weighted by Crippen LogP contribution is -1.78. The Morgan fingerprint density at radius 1 is 1.00 bits per heavy atom. The maximum absolute atomic E-state index is 3.42. The Hall–Kier alpha value is -0.773. The van der Waals surface area contributed by atoms with E-state index in [2.05, 4.69) is 15.4 Å². The van der Waals surface area contributed by atoms with Gasteiger partial charge in [0.05, 0.1) is 12.4 Å². The molecule has 0 spiro atoms. The van der Waals surface area contributed by atoms with Crippen molar-refractivity contribution < 1.29 is 0 Å². The highest BCUT2D eigenvalue weighted by atomic mass is 28.1. The van der Waals surface area contributed by atoms with E-state index < -0.39 is 0 Å². The third kappa shape index (κ3) is 1.99. The molecule has 3 nitrogen and oxygen atoms in total. The lowest BCUT2D eigenvalue weighted by Gasteiger charge is -1.68. The van der Waals surface area contributed by atoms with E-state index in [1.807, 2.05) is 0 Å². The Kier molecular flexibility index (Phi) is 3.04. The van der Waals surface area contributed by atoms with E-state index in [4.69, 9.17) is 0 Å². The first-order valence-corrected chi connectivity index (χ1v) is 1.58. The average Bonchev–Trinajstić information content (AvgIpc) is 1.72. The minimum atomic E-state index is 0. The standard InChI is InChI=1S/C3H3N3.Si/c1-2-4-6-5-3-1;/h1-3H;. The fourth-order valence-electron chi connectivity index (χ4n) is 0.205. The summed E-state index contributed by atoms with van der Waals surface area (Å²) in [6.07, 6.45) is 3.15. The second-order valence-corrected chi connectivity index (χ2v) is 0.811. The van der Waals surface area contributed by atoms with Crippen molar-refractivity contribution in [3.8, 4) is 0 Å². The molecule has 34 valence electrons. The lowest BCUT2D eigenvalue weighted by atomic mass is 10.7.